The van der Waals surface area contributed by atoms with E-state index in [1.54, 1.807) is 0 Å². The average Bonchev–Trinajstić information content (AvgIpc) is 3.74. The zero-order valence-corrected chi connectivity index (χ0v) is 28.6. The van der Waals surface area contributed by atoms with E-state index in [0.29, 0.717) is 29.3 Å². The number of aromatic nitrogens is 3. The molecule has 5 heteroatoms. The number of anilines is 1. The fraction of sp³-hybridized carbons (Fsp3) is 0.152. The van der Waals surface area contributed by atoms with E-state index >= 15 is 0 Å². The van der Waals surface area contributed by atoms with Gasteiger partial charge in [-0.1, -0.05) is 128 Å². The first kappa shape index (κ1) is 30.9. The molecule has 9 rings (SSSR count). The van der Waals surface area contributed by atoms with E-state index in [9.17, 15) is 0 Å². The monoisotopic (exact) mass is 662 g/mol. The normalized spacial score (nSPS) is 20.5. The number of ether oxygens (including phenoxy) is 1. The van der Waals surface area contributed by atoms with Gasteiger partial charge in [0, 0.05) is 39.9 Å². The summed E-state index contributed by atoms with van der Waals surface area (Å²) in [6.45, 7) is 6.24. The molecule has 51 heavy (non-hydrogen) atoms. The van der Waals surface area contributed by atoms with E-state index in [0.717, 1.165) is 52.1 Å². The molecule has 6 aromatic rings. The lowest BCUT2D eigenvalue weighted by Gasteiger charge is -2.41. The Balaban J connectivity index is 1.15. The van der Waals surface area contributed by atoms with Crippen molar-refractivity contribution in [3.8, 4) is 39.7 Å². The maximum atomic E-state index is 6.83. The Bertz CT molecular complexity index is 2310. The van der Waals surface area contributed by atoms with Gasteiger partial charge in [-0.15, -0.1) is 0 Å². The fourth-order valence-electron chi connectivity index (χ4n) is 8.32. The van der Waals surface area contributed by atoms with E-state index in [1.165, 1.54) is 16.8 Å². The number of fused-ring (bicyclic) bond motifs is 7. The minimum absolute atomic E-state index is 0.0424. The van der Waals surface area contributed by atoms with Gasteiger partial charge in [-0.25, -0.2) is 15.0 Å². The van der Waals surface area contributed by atoms with Crippen molar-refractivity contribution in [3.05, 3.63) is 181 Å². The summed E-state index contributed by atoms with van der Waals surface area (Å²) in [7, 11) is 0. The first-order valence-corrected chi connectivity index (χ1v) is 17.8. The summed E-state index contributed by atoms with van der Waals surface area (Å²) >= 11 is 0. The van der Waals surface area contributed by atoms with Crippen LogP contribution in [0.5, 0.6) is 5.75 Å². The van der Waals surface area contributed by atoms with Crippen molar-refractivity contribution in [1.82, 2.24) is 15.0 Å². The molecule has 1 aromatic heterocycles. The smallest absolute Gasteiger partial charge is 0.164 e. The van der Waals surface area contributed by atoms with Gasteiger partial charge in [0.15, 0.2) is 17.5 Å². The van der Waals surface area contributed by atoms with Crippen LogP contribution in [-0.4, -0.2) is 27.1 Å². The summed E-state index contributed by atoms with van der Waals surface area (Å²) in [5.74, 6) is 3.66. The van der Waals surface area contributed by atoms with Gasteiger partial charge in [-0.05, 0) is 72.4 Å². The van der Waals surface area contributed by atoms with Crippen LogP contribution < -0.4 is 9.64 Å². The summed E-state index contributed by atoms with van der Waals surface area (Å²) in [6, 6.07) is 46.5. The second-order valence-corrected chi connectivity index (χ2v) is 13.6. The molecular formula is C46H38N4O. The number of allylic oxidation sites excluding steroid dienone is 4. The fourth-order valence-corrected chi connectivity index (χ4v) is 8.32. The Morgan fingerprint density at radius 2 is 1.29 bits per heavy atom. The lowest BCUT2D eigenvalue weighted by molar-refractivity contribution is 0.130. The zero-order valence-electron chi connectivity index (χ0n) is 28.6. The topological polar surface area (TPSA) is 51.1 Å². The van der Waals surface area contributed by atoms with Gasteiger partial charge in [0.25, 0.3) is 0 Å². The molecule has 4 atom stereocenters. The highest BCUT2D eigenvalue weighted by Crippen LogP contribution is 2.56. The van der Waals surface area contributed by atoms with Gasteiger partial charge < -0.3 is 9.64 Å². The lowest BCUT2D eigenvalue weighted by atomic mass is 9.73. The van der Waals surface area contributed by atoms with Crippen molar-refractivity contribution in [3.63, 3.8) is 0 Å². The van der Waals surface area contributed by atoms with E-state index < -0.39 is 0 Å². The van der Waals surface area contributed by atoms with Gasteiger partial charge >= 0.3 is 0 Å². The van der Waals surface area contributed by atoms with Crippen LogP contribution in [0, 0.1) is 0 Å². The molecule has 4 unspecified atom stereocenters. The average molecular weight is 663 g/mol. The molecule has 5 nitrogen and oxygen atoms in total. The number of nitrogens with zero attached hydrogens (tertiary/aromatic N) is 4. The molecule has 0 amide bonds. The molecule has 3 aliphatic rings. The quantitative estimate of drug-likeness (QED) is 0.159. The van der Waals surface area contributed by atoms with Crippen LogP contribution in [0.2, 0.25) is 0 Å². The van der Waals surface area contributed by atoms with E-state index in [1.807, 2.05) is 42.5 Å². The number of para-hydroxylation sites is 2. The molecule has 0 bridgehead atoms. The van der Waals surface area contributed by atoms with Crippen molar-refractivity contribution in [1.29, 1.82) is 0 Å². The highest BCUT2D eigenvalue weighted by Gasteiger charge is 2.53. The number of hydrogen-bond donors (Lipinski definition) is 0. The highest BCUT2D eigenvalue weighted by atomic mass is 16.5. The number of benzene rings is 5. The van der Waals surface area contributed by atoms with Gasteiger partial charge in [-0.3, -0.25) is 0 Å². The largest absolute Gasteiger partial charge is 0.487 e. The third-order valence-electron chi connectivity index (χ3n) is 10.6. The lowest BCUT2D eigenvalue weighted by Crippen LogP contribution is -2.49. The van der Waals surface area contributed by atoms with Crippen molar-refractivity contribution in [2.75, 3.05) is 4.90 Å². The molecule has 0 spiro atoms. The summed E-state index contributed by atoms with van der Waals surface area (Å²) in [5, 5.41) is 0. The van der Waals surface area contributed by atoms with Crippen LogP contribution >= 0.6 is 0 Å². The second kappa shape index (κ2) is 13.0. The standard InChI is InChI=1S/C46H38N4O/c1-3-15-35(50-40-24-12-10-22-36(40)38-26-27-39-37-23-11-13-25-41(37)51-43(39)42(38)50)28-30(2)44-47-45(32-18-8-5-9-19-32)49-46(48-44)34-21-14-20-33(29-34)31-16-6-4-7-17-31/h3-25,28-29,38-39,42-43H,1,26-27H2,2H3/b30-28+,35-15+. The van der Waals surface area contributed by atoms with Crippen LogP contribution in [0.3, 0.4) is 0 Å². The molecule has 0 saturated heterocycles. The summed E-state index contributed by atoms with van der Waals surface area (Å²) < 4.78 is 6.83. The Morgan fingerprint density at radius 3 is 2.08 bits per heavy atom. The predicted molar refractivity (Wildman–Crippen MR) is 206 cm³/mol. The van der Waals surface area contributed by atoms with Crippen molar-refractivity contribution in [2.45, 2.75) is 43.7 Å². The van der Waals surface area contributed by atoms with Crippen LogP contribution in [0.4, 0.5) is 5.69 Å². The molecule has 0 N–H and O–H groups in total. The van der Waals surface area contributed by atoms with Crippen molar-refractivity contribution >= 4 is 11.3 Å². The van der Waals surface area contributed by atoms with Crippen LogP contribution in [0.25, 0.3) is 39.5 Å². The molecule has 3 heterocycles. The maximum Gasteiger partial charge on any atom is 0.164 e. The van der Waals surface area contributed by atoms with Crippen LogP contribution in [0.1, 0.15) is 48.6 Å². The summed E-state index contributed by atoms with van der Waals surface area (Å²) in [4.78, 5) is 17.7. The van der Waals surface area contributed by atoms with Gasteiger partial charge in [0.2, 0.25) is 0 Å². The first-order chi connectivity index (χ1) is 25.2. The molecule has 5 aromatic carbocycles. The summed E-state index contributed by atoms with van der Waals surface area (Å²) in [6.07, 6.45) is 8.46. The number of rotatable bonds is 7. The molecule has 1 aliphatic carbocycles. The maximum absolute atomic E-state index is 6.83. The Hall–Kier alpha value is -6.07. The van der Waals surface area contributed by atoms with Gasteiger partial charge in [-0.2, -0.15) is 0 Å². The van der Waals surface area contributed by atoms with E-state index in [2.05, 4.69) is 128 Å². The zero-order chi connectivity index (χ0) is 34.3. The minimum atomic E-state index is 0.0424. The molecule has 0 radical (unpaired) electrons. The van der Waals surface area contributed by atoms with Crippen LogP contribution in [0.15, 0.2) is 164 Å². The Morgan fingerprint density at radius 1 is 0.667 bits per heavy atom. The predicted octanol–water partition coefficient (Wildman–Crippen LogP) is 10.7. The van der Waals surface area contributed by atoms with E-state index in [-0.39, 0.29) is 12.1 Å². The van der Waals surface area contributed by atoms with Crippen molar-refractivity contribution < 1.29 is 4.74 Å². The molecular weight excluding hydrogens is 625 g/mol. The summed E-state index contributed by atoms with van der Waals surface area (Å²) in [5.41, 5.74) is 10.1. The highest BCUT2D eigenvalue weighted by molar-refractivity contribution is 5.75. The third-order valence-corrected chi connectivity index (χ3v) is 10.6. The molecule has 1 saturated carbocycles. The van der Waals surface area contributed by atoms with Crippen molar-refractivity contribution in [2.24, 2.45) is 0 Å². The van der Waals surface area contributed by atoms with Crippen LogP contribution in [-0.2, 0) is 0 Å². The second-order valence-electron chi connectivity index (χ2n) is 13.6. The first-order valence-electron chi connectivity index (χ1n) is 17.8. The van der Waals surface area contributed by atoms with E-state index in [4.69, 9.17) is 19.7 Å². The minimum Gasteiger partial charge on any atom is -0.487 e. The molecule has 2 aliphatic heterocycles. The van der Waals surface area contributed by atoms with Gasteiger partial charge in [0.1, 0.15) is 11.9 Å². The SMILES string of the molecule is C=C/C=C(\C=C(/C)c1nc(-c2ccccc2)nc(-c2cccc(-c3ccccc3)c2)n1)N1c2ccccc2C2CCC3c4ccccc4OC3C21. The van der Waals surface area contributed by atoms with Gasteiger partial charge in [0.05, 0.1) is 6.04 Å². The molecule has 248 valence electrons. The number of hydrogen-bond acceptors (Lipinski definition) is 5. The Kier molecular flexibility index (Phi) is 7.89. The Labute approximate surface area is 299 Å². The third kappa shape index (κ3) is 5.55. The molecule has 1 fully saturated rings.